The molecule has 0 radical (unpaired) electrons. The summed E-state index contributed by atoms with van der Waals surface area (Å²) in [5, 5.41) is 8.21. The van der Waals surface area contributed by atoms with Crippen LogP contribution in [0.15, 0.2) is 41.5 Å². The second-order valence-corrected chi connectivity index (χ2v) is 6.62. The van der Waals surface area contributed by atoms with Gasteiger partial charge in [0, 0.05) is 23.2 Å². The quantitative estimate of drug-likeness (QED) is 0.333. The Hall–Kier alpha value is -2.84. The number of hydrogen-bond acceptors (Lipinski definition) is 6. The predicted octanol–water partition coefficient (Wildman–Crippen LogP) is 2.63. The number of carbonyl (C=O) groups excluding carboxylic acids is 1. The van der Waals surface area contributed by atoms with E-state index < -0.39 is 0 Å². The zero-order chi connectivity index (χ0) is 20.1. The molecule has 0 unspecified atom stereocenters. The molecule has 146 valence electrons. The monoisotopic (exact) mass is 419 g/mol. The number of halogens is 1. The Morgan fingerprint density at radius 3 is 2.57 bits per heavy atom. The van der Waals surface area contributed by atoms with Crippen molar-refractivity contribution in [2.45, 2.75) is 6.42 Å². The van der Waals surface area contributed by atoms with Gasteiger partial charge in [0.15, 0.2) is 16.6 Å². The molecule has 1 aliphatic rings. The van der Waals surface area contributed by atoms with Gasteiger partial charge in [0.05, 0.1) is 19.2 Å². The highest BCUT2D eigenvalue weighted by atomic mass is 35.5. The maximum atomic E-state index is 12.0. The summed E-state index contributed by atoms with van der Waals surface area (Å²) >= 11 is 11.2. The van der Waals surface area contributed by atoms with Gasteiger partial charge in [-0.05, 0) is 42.0 Å². The van der Waals surface area contributed by atoms with Crippen molar-refractivity contribution in [3.8, 4) is 11.5 Å². The molecule has 2 N–H and O–H groups in total. The number of nitrogens with zero attached hydrogens (tertiary/aromatic N) is 1. The lowest BCUT2D eigenvalue weighted by Crippen LogP contribution is -2.30. The molecule has 0 aliphatic carbocycles. The molecule has 0 spiro atoms. The van der Waals surface area contributed by atoms with Crippen molar-refractivity contribution < 1.29 is 19.0 Å². The largest absolute Gasteiger partial charge is 0.469 e. The molecule has 1 heterocycles. The number of benzene rings is 2. The van der Waals surface area contributed by atoms with E-state index in [2.05, 4.69) is 15.8 Å². The molecular weight excluding hydrogens is 402 g/mol. The fourth-order valence-electron chi connectivity index (χ4n) is 2.63. The molecule has 0 saturated carbocycles. The van der Waals surface area contributed by atoms with Crippen LogP contribution in [0, 0.1) is 0 Å². The van der Waals surface area contributed by atoms with Crippen LogP contribution in [0.2, 0.25) is 5.02 Å². The summed E-state index contributed by atoms with van der Waals surface area (Å²) in [7, 11) is 3.03. The van der Waals surface area contributed by atoms with Crippen molar-refractivity contribution in [2.75, 3.05) is 21.0 Å². The molecule has 2 aromatic rings. The van der Waals surface area contributed by atoms with Crippen LogP contribution in [0.5, 0.6) is 11.5 Å². The van der Waals surface area contributed by atoms with Gasteiger partial charge in [-0.1, -0.05) is 23.7 Å². The molecule has 0 aromatic heterocycles. The first-order valence-corrected chi connectivity index (χ1v) is 9.11. The van der Waals surface area contributed by atoms with Crippen LogP contribution in [0.1, 0.15) is 16.7 Å². The smallest absolute Gasteiger partial charge is 0.310 e. The number of methoxy groups -OCH3 is 1. The maximum Gasteiger partial charge on any atom is 0.310 e. The highest BCUT2D eigenvalue weighted by Gasteiger charge is 2.22. The van der Waals surface area contributed by atoms with Gasteiger partial charge in [-0.25, -0.2) is 0 Å². The van der Waals surface area contributed by atoms with E-state index in [0.29, 0.717) is 38.5 Å². The van der Waals surface area contributed by atoms with Crippen LogP contribution in [0.3, 0.4) is 0 Å². The highest BCUT2D eigenvalue weighted by molar-refractivity contribution is 7.80. The third-order valence-electron chi connectivity index (χ3n) is 4.03. The second kappa shape index (κ2) is 8.90. The predicted molar refractivity (Wildman–Crippen MR) is 110 cm³/mol. The number of rotatable bonds is 5. The summed E-state index contributed by atoms with van der Waals surface area (Å²) in [4.78, 5) is 12.0. The number of hydrazone groups is 1. The molecular formula is C19H18ClN3O4S. The highest BCUT2D eigenvalue weighted by Crippen LogP contribution is 2.36. The number of esters is 1. The molecule has 9 heteroatoms. The van der Waals surface area contributed by atoms with Crippen molar-refractivity contribution in [3.63, 3.8) is 0 Å². The number of nitrogens with one attached hydrogen (secondary N) is 2. The van der Waals surface area contributed by atoms with Crippen LogP contribution in [0.25, 0.3) is 0 Å². The van der Waals surface area contributed by atoms with Crippen LogP contribution >= 0.6 is 23.8 Å². The Kier molecular flexibility index (Phi) is 6.33. The number of thiocarbonyl (C=S) groups is 1. The van der Waals surface area contributed by atoms with Crippen LogP contribution in [-0.4, -0.2) is 37.7 Å². The summed E-state index contributed by atoms with van der Waals surface area (Å²) in [6.07, 6.45) is 0.0472. The van der Waals surface area contributed by atoms with Crippen LogP contribution < -0.4 is 20.2 Å². The number of ether oxygens (including phenoxy) is 3. The molecule has 0 fully saturated rings. The van der Waals surface area contributed by atoms with Crippen LogP contribution in [-0.2, 0) is 16.0 Å². The second-order valence-electron chi connectivity index (χ2n) is 5.77. The maximum absolute atomic E-state index is 12.0. The number of carbonyl (C=O) groups is 1. The normalized spacial score (nSPS) is 12.5. The molecule has 1 aliphatic heterocycles. The van der Waals surface area contributed by atoms with E-state index >= 15 is 0 Å². The lowest BCUT2D eigenvalue weighted by molar-refractivity contribution is -0.139. The van der Waals surface area contributed by atoms with Crippen molar-refractivity contribution in [3.05, 3.63) is 58.1 Å². The van der Waals surface area contributed by atoms with E-state index in [9.17, 15) is 4.79 Å². The van der Waals surface area contributed by atoms with Crippen molar-refractivity contribution >= 4 is 40.6 Å². The van der Waals surface area contributed by atoms with E-state index in [-0.39, 0.29) is 19.2 Å². The molecule has 28 heavy (non-hydrogen) atoms. The van der Waals surface area contributed by atoms with E-state index in [1.165, 1.54) is 7.11 Å². The number of hydrogen-bond donors (Lipinski definition) is 2. The Morgan fingerprint density at radius 1 is 1.25 bits per heavy atom. The topological polar surface area (TPSA) is 81.2 Å². The van der Waals surface area contributed by atoms with E-state index in [1.54, 1.807) is 31.3 Å². The molecule has 2 aromatic carbocycles. The van der Waals surface area contributed by atoms with Gasteiger partial charge < -0.3 is 19.5 Å². The third-order valence-corrected chi connectivity index (χ3v) is 4.58. The summed E-state index contributed by atoms with van der Waals surface area (Å²) in [6.45, 7) is 0.117. The van der Waals surface area contributed by atoms with Crippen molar-refractivity contribution in [1.29, 1.82) is 0 Å². The van der Waals surface area contributed by atoms with E-state index in [1.807, 2.05) is 12.1 Å². The minimum atomic E-state index is -0.380. The van der Waals surface area contributed by atoms with E-state index in [0.717, 1.165) is 5.56 Å². The van der Waals surface area contributed by atoms with Gasteiger partial charge in [0.25, 0.3) is 0 Å². The first kappa shape index (κ1) is 19.9. The first-order valence-electron chi connectivity index (χ1n) is 8.33. The summed E-state index contributed by atoms with van der Waals surface area (Å²) in [5.74, 6) is 0.757. The van der Waals surface area contributed by atoms with Gasteiger partial charge in [-0.3, -0.25) is 10.2 Å². The zero-order valence-electron chi connectivity index (χ0n) is 15.2. The number of fused-ring (bicyclic) bond motifs is 1. The first-order chi connectivity index (χ1) is 13.5. The zero-order valence-corrected chi connectivity index (χ0v) is 16.8. The lowest BCUT2D eigenvalue weighted by atomic mass is 9.95. The third kappa shape index (κ3) is 4.52. The minimum absolute atomic E-state index is 0.0472. The Balaban J connectivity index is 2.13. The van der Waals surface area contributed by atoms with Crippen LogP contribution in [0.4, 0.5) is 0 Å². The van der Waals surface area contributed by atoms with Gasteiger partial charge in [0.2, 0.25) is 6.79 Å². The van der Waals surface area contributed by atoms with Crippen molar-refractivity contribution in [2.24, 2.45) is 5.10 Å². The Morgan fingerprint density at radius 2 is 1.93 bits per heavy atom. The molecule has 0 amide bonds. The average molecular weight is 420 g/mol. The van der Waals surface area contributed by atoms with E-state index in [4.69, 9.17) is 38.0 Å². The minimum Gasteiger partial charge on any atom is -0.469 e. The summed E-state index contributed by atoms with van der Waals surface area (Å²) < 4.78 is 15.8. The Bertz CT molecular complexity index is 932. The molecule has 3 rings (SSSR count). The van der Waals surface area contributed by atoms with Gasteiger partial charge in [-0.15, -0.1) is 0 Å². The lowest BCUT2D eigenvalue weighted by Gasteiger charge is -2.14. The molecule has 7 nitrogen and oxygen atoms in total. The molecule has 0 atom stereocenters. The SMILES string of the molecule is CNC(=S)N/N=C(/c1ccc(Cl)cc1)c1cc2c(cc1CC(=O)OC)OCO2. The fraction of sp³-hybridized carbons (Fsp3) is 0.211. The van der Waals surface area contributed by atoms with Gasteiger partial charge in [0.1, 0.15) is 0 Å². The van der Waals surface area contributed by atoms with Crippen molar-refractivity contribution in [1.82, 2.24) is 10.7 Å². The molecule has 0 saturated heterocycles. The van der Waals surface area contributed by atoms with Gasteiger partial charge >= 0.3 is 5.97 Å². The summed E-state index contributed by atoms with van der Waals surface area (Å²) in [5.41, 5.74) is 5.50. The summed E-state index contributed by atoms with van der Waals surface area (Å²) in [6, 6.07) is 10.7. The standard InChI is InChI=1S/C19H18ClN3O4S/c1-21-19(28)23-22-18(11-3-5-13(20)6-4-11)14-9-16-15(26-10-27-16)7-12(14)8-17(24)25-2/h3-7,9H,8,10H2,1-2H3,(H2,21,23,28)/b22-18-. The molecule has 0 bridgehead atoms. The van der Waals surface area contributed by atoms with Gasteiger partial charge in [-0.2, -0.15) is 5.10 Å². The Labute approximate surface area is 172 Å². The fourth-order valence-corrected chi connectivity index (χ4v) is 2.80. The average Bonchev–Trinajstić information content (AvgIpc) is 3.16.